The number of hydrogen-bond acceptors (Lipinski definition) is 1. The van der Waals surface area contributed by atoms with Gasteiger partial charge in [0, 0.05) is 0 Å². The quantitative estimate of drug-likeness (QED) is 0.482. The van der Waals surface area contributed by atoms with Gasteiger partial charge in [-0.05, 0) is 29.9 Å². The molecule has 0 bridgehead atoms. The lowest BCUT2D eigenvalue weighted by molar-refractivity contribution is 0.391. The molecule has 2 unspecified atom stereocenters. The third-order valence-corrected chi connectivity index (χ3v) is 3.01. The molecule has 0 aromatic heterocycles. The van der Waals surface area contributed by atoms with Gasteiger partial charge in [0.25, 0.3) is 0 Å². The van der Waals surface area contributed by atoms with Gasteiger partial charge in [-0.15, -0.1) is 0 Å². The highest BCUT2D eigenvalue weighted by atomic mass is 19.1. The fourth-order valence-electron chi connectivity index (χ4n) is 1.31. The van der Waals surface area contributed by atoms with Gasteiger partial charge in [-0.1, -0.05) is 46.8 Å². The van der Waals surface area contributed by atoms with Crippen LogP contribution in [-0.2, 0) is 0 Å². The standard InChI is InChI=1S/C14H23FO/c1-6-10(2)7-8-11(3)12(4)9-14(15)13(5)16/h9-11,16H,4-8H2,1-3H3/b14-9+. The van der Waals surface area contributed by atoms with Crippen molar-refractivity contribution in [3.05, 3.63) is 36.4 Å². The third kappa shape index (κ3) is 5.74. The Bertz CT molecular complexity index is 278. The first-order valence-electron chi connectivity index (χ1n) is 5.82. The van der Waals surface area contributed by atoms with Crippen molar-refractivity contribution in [3.8, 4) is 0 Å². The molecule has 1 N–H and O–H groups in total. The van der Waals surface area contributed by atoms with Crippen molar-refractivity contribution in [2.24, 2.45) is 11.8 Å². The van der Waals surface area contributed by atoms with Gasteiger partial charge in [0.15, 0.2) is 5.83 Å². The van der Waals surface area contributed by atoms with Gasteiger partial charge in [-0.3, -0.25) is 0 Å². The minimum absolute atomic E-state index is 0.235. The maximum atomic E-state index is 13.1. The summed E-state index contributed by atoms with van der Waals surface area (Å²) in [5, 5.41) is 8.83. The normalized spacial score (nSPS) is 15.6. The Morgan fingerprint density at radius 2 is 1.88 bits per heavy atom. The second kappa shape index (κ2) is 7.26. The van der Waals surface area contributed by atoms with Crippen LogP contribution in [0.1, 0.15) is 40.0 Å². The van der Waals surface area contributed by atoms with Crippen LogP contribution in [0.3, 0.4) is 0 Å². The molecule has 92 valence electrons. The van der Waals surface area contributed by atoms with Gasteiger partial charge >= 0.3 is 0 Å². The number of hydrogen-bond donors (Lipinski definition) is 1. The van der Waals surface area contributed by atoms with Crippen LogP contribution in [0.25, 0.3) is 0 Å². The van der Waals surface area contributed by atoms with Gasteiger partial charge in [0.1, 0.15) is 5.76 Å². The van der Waals surface area contributed by atoms with E-state index in [4.69, 9.17) is 5.11 Å². The molecular formula is C14H23FO. The van der Waals surface area contributed by atoms with Crippen LogP contribution in [0.2, 0.25) is 0 Å². The van der Waals surface area contributed by atoms with Crippen LogP contribution in [0.15, 0.2) is 36.4 Å². The van der Waals surface area contributed by atoms with E-state index in [1.165, 1.54) is 6.08 Å². The van der Waals surface area contributed by atoms with Crippen molar-refractivity contribution in [3.63, 3.8) is 0 Å². The molecule has 0 aliphatic rings. The van der Waals surface area contributed by atoms with Crippen LogP contribution in [0.5, 0.6) is 0 Å². The van der Waals surface area contributed by atoms with Crippen LogP contribution in [0, 0.1) is 11.8 Å². The maximum absolute atomic E-state index is 13.1. The molecular weight excluding hydrogens is 203 g/mol. The molecule has 0 aliphatic carbocycles. The topological polar surface area (TPSA) is 20.2 Å². The van der Waals surface area contributed by atoms with Gasteiger partial charge in [0.05, 0.1) is 0 Å². The molecule has 16 heavy (non-hydrogen) atoms. The number of halogens is 1. The lowest BCUT2D eigenvalue weighted by atomic mass is 9.91. The maximum Gasteiger partial charge on any atom is 0.164 e. The summed E-state index contributed by atoms with van der Waals surface area (Å²) >= 11 is 0. The second-order valence-corrected chi connectivity index (χ2v) is 4.51. The summed E-state index contributed by atoms with van der Waals surface area (Å²) in [7, 11) is 0. The molecule has 1 nitrogen and oxygen atoms in total. The molecule has 0 heterocycles. The van der Waals surface area contributed by atoms with Gasteiger partial charge < -0.3 is 5.11 Å². The second-order valence-electron chi connectivity index (χ2n) is 4.51. The Morgan fingerprint density at radius 1 is 1.31 bits per heavy atom. The van der Waals surface area contributed by atoms with Crippen LogP contribution in [-0.4, -0.2) is 5.11 Å². The first kappa shape index (κ1) is 14.9. The molecule has 0 radical (unpaired) electrons. The molecule has 2 heteroatoms. The summed E-state index contributed by atoms with van der Waals surface area (Å²) in [4.78, 5) is 0. The Morgan fingerprint density at radius 3 is 2.31 bits per heavy atom. The molecule has 0 saturated heterocycles. The summed E-state index contributed by atoms with van der Waals surface area (Å²) < 4.78 is 13.1. The van der Waals surface area contributed by atoms with E-state index in [9.17, 15) is 4.39 Å². The average Bonchev–Trinajstić information content (AvgIpc) is 2.24. The van der Waals surface area contributed by atoms with E-state index in [1.54, 1.807) is 0 Å². The van der Waals surface area contributed by atoms with E-state index >= 15 is 0 Å². The zero-order valence-electron chi connectivity index (χ0n) is 10.6. The molecule has 0 saturated carbocycles. The Labute approximate surface area is 98.4 Å². The van der Waals surface area contributed by atoms with Crippen LogP contribution >= 0.6 is 0 Å². The van der Waals surface area contributed by atoms with Crippen LogP contribution in [0.4, 0.5) is 4.39 Å². The number of allylic oxidation sites excluding steroid dienone is 3. The van der Waals surface area contributed by atoms with E-state index < -0.39 is 11.6 Å². The van der Waals surface area contributed by atoms with E-state index in [0.29, 0.717) is 11.5 Å². The molecule has 2 atom stereocenters. The van der Waals surface area contributed by atoms with E-state index in [-0.39, 0.29) is 5.92 Å². The zero-order chi connectivity index (χ0) is 12.7. The van der Waals surface area contributed by atoms with Crippen molar-refractivity contribution >= 4 is 0 Å². The van der Waals surface area contributed by atoms with Gasteiger partial charge in [-0.25, -0.2) is 4.39 Å². The number of rotatable bonds is 7. The minimum atomic E-state index is -0.694. The molecule has 0 amide bonds. The summed E-state index contributed by atoms with van der Waals surface area (Å²) in [5.74, 6) is -0.299. The van der Waals surface area contributed by atoms with E-state index in [1.807, 2.05) is 6.92 Å². The third-order valence-electron chi connectivity index (χ3n) is 3.01. The molecule has 0 spiro atoms. The van der Waals surface area contributed by atoms with E-state index in [0.717, 1.165) is 19.3 Å². The highest BCUT2D eigenvalue weighted by Crippen LogP contribution is 2.22. The summed E-state index contributed by atoms with van der Waals surface area (Å²) in [6, 6.07) is 0. The van der Waals surface area contributed by atoms with E-state index in [2.05, 4.69) is 27.0 Å². The lowest BCUT2D eigenvalue weighted by Gasteiger charge is -2.14. The first-order chi connectivity index (χ1) is 7.38. The Balaban J connectivity index is 4.19. The fourth-order valence-corrected chi connectivity index (χ4v) is 1.31. The predicted octanol–water partition coefficient (Wildman–Crippen LogP) is 4.93. The summed E-state index contributed by atoms with van der Waals surface area (Å²) in [6.45, 7) is 13.3. The SMILES string of the molecule is C=C(O)/C(F)=C\C(=C)C(C)CCC(C)CC. The van der Waals surface area contributed by atoms with Crippen molar-refractivity contribution in [2.75, 3.05) is 0 Å². The van der Waals surface area contributed by atoms with Crippen molar-refractivity contribution in [2.45, 2.75) is 40.0 Å². The largest absolute Gasteiger partial charge is 0.506 e. The average molecular weight is 226 g/mol. The zero-order valence-corrected chi connectivity index (χ0v) is 10.6. The molecule has 0 aliphatic heterocycles. The fraction of sp³-hybridized carbons (Fsp3) is 0.571. The lowest BCUT2D eigenvalue weighted by Crippen LogP contribution is -2.01. The highest BCUT2D eigenvalue weighted by Gasteiger charge is 2.09. The molecule has 0 rings (SSSR count). The number of aliphatic hydroxyl groups excluding tert-OH is 1. The van der Waals surface area contributed by atoms with Crippen LogP contribution < -0.4 is 0 Å². The van der Waals surface area contributed by atoms with Gasteiger partial charge in [-0.2, -0.15) is 0 Å². The van der Waals surface area contributed by atoms with Crippen molar-refractivity contribution < 1.29 is 9.50 Å². The molecule has 0 fully saturated rings. The summed E-state index contributed by atoms with van der Waals surface area (Å²) in [5.41, 5.74) is 0.705. The van der Waals surface area contributed by atoms with Crippen molar-refractivity contribution in [1.29, 1.82) is 0 Å². The highest BCUT2D eigenvalue weighted by molar-refractivity contribution is 5.27. The Hall–Kier alpha value is -1.05. The first-order valence-corrected chi connectivity index (χ1v) is 5.82. The monoisotopic (exact) mass is 226 g/mol. The minimum Gasteiger partial charge on any atom is -0.506 e. The number of aliphatic hydroxyl groups is 1. The van der Waals surface area contributed by atoms with Crippen molar-refractivity contribution in [1.82, 2.24) is 0 Å². The predicted molar refractivity (Wildman–Crippen MR) is 68.0 cm³/mol. The molecule has 0 aromatic rings. The smallest absolute Gasteiger partial charge is 0.164 e. The summed E-state index contributed by atoms with van der Waals surface area (Å²) in [6.07, 6.45) is 4.54. The molecule has 0 aromatic carbocycles. The Kier molecular flexibility index (Phi) is 6.78. The van der Waals surface area contributed by atoms with Gasteiger partial charge in [0.2, 0.25) is 0 Å².